The van der Waals surface area contributed by atoms with Crippen LogP contribution in [0.3, 0.4) is 0 Å². The Hall–Kier alpha value is -3.27. The highest BCUT2D eigenvalue weighted by Crippen LogP contribution is 2.31. The molecule has 0 atom stereocenters. The number of rotatable bonds is 5. The first-order valence-corrected chi connectivity index (χ1v) is 7.91. The van der Waals surface area contributed by atoms with Gasteiger partial charge in [0.25, 0.3) is 5.91 Å². The lowest BCUT2D eigenvalue weighted by Gasteiger charge is -2.23. The number of para-hydroxylation sites is 2. The fourth-order valence-electron chi connectivity index (χ4n) is 2.64. The maximum absolute atomic E-state index is 13.2. The molecule has 0 saturated carbocycles. The molecule has 0 aliphatic carbocycles. The summed E-state index contributed by atoms with van der Waals surface area (Å²) >= 11 is 0. The smallest absolute Gasteiger partial charge is 0.262 e. The van der Waals surface area contributed by atoms with Crippen LogP contribution in [0, 0.1) is 0 Å². The number of anilines is 2. The lowest BCUT2D eigenvalue weighted by Crippen LogP contribution is -2.25. The van der Waals surface area contributed by atoms with E-state index in [-0.39, 0.29) is 5.91 Å². The first-order valence-electron chi connectivity index (χ1n) is 7.91. The van der Waals surface area contributed by atoms with E-state index in [1.165, 1.54) is 0 Å². The van der Waals surface area contributed by atoms with Gasteiger partial charge in [-0.1, -0.05) is 36.4 Å². The number of hydrogen-bond donors (Lipinski definition) is 0. The summed E-state index contributed by atoms with van der Waals surface area (Å²) in [5.41, 5.74) is 2.12. The minimum absolute atomic E-state index is 0.140. The molecule has 3 aromatic rings. The minimum Gasteiger partial charge on any atom is -0.493 e. The normalized spacial score (nSPS) is 10.2. The molecule has 3 aromatic carbocycles. The van der Waals surface area contributed by atoms with Gasteiger partial charge in [0.05, 0.1) is 14.2 Å². The van der Waals surface area contributed by atoms with Gasteiger partial charge >= 0.3 is 0 Å². The Kier molecular flexibility index (Phi) is 5.00. The molecule has 0 aliphatic heterocycles. The molecule has 0 heterocycles. The van der Waals surface area contributed by atoms with Crippen molar-refractivity contribution in [2.24, 2.45) is 0 Å². The van der Waals surface area contributed by atoms with Gasteiger partial charge in [-0.3, -0.25) is 9.69 Å². The second-order valence-electron chi connectivity index (χ2n) is 5.38. The number of ether oxygens (including phenoxy) is 2. The molecule has 4 nitrogen and oxygen atoms in total. The Bertz CT molecular complexity index is 808. The summed E-state index contributed by atoms with van der Waals surface area (Å²) in [6, 6.07) is 24.3. The molecule has 0 fully saturated rings. The molecule has 0 N–H and O–H groups in total. The molecule has 126 valence electrons. The third kappa shape index (κ3) is 3.48. The quantitative estimate of drug-likeness (QED) is 0.680. The fraction of sp³-hybridized carbons (Fsp3) is 0.0952. The highest BCUT2D eigenvalue weighted by molar-refractivity contribution is 6.11. The zero-order valence-electron chi connectivity index (χ0n) is 14.2. The van der Waals surface area contributed by atoms with Gasteiger partial charge in [-0.15, -0.1) is 0 Å². The summed E-state index contributed by atoms with van der Waals surface area (Å²) in [7, 11) is 3.12. The number of amides is 1. The second kappa shape index (κ2) is 7.53. The number of methoxy groups -OCH3 is 2. The van der Waals surface area contributed by atoms with Crippen LogP contribution >= 0.6 is 0 Å². The molecule has 4 heteroatoms. The van der Waals surface area contributed by atoms with Gasteiger partial charge in [-0.2, -0.15) is 0 Å². The molecule has 0 radical (unpaired) electrons. The van der Waals surface area contributed by atoms with Crippen molar-refractivity contribution >= 4 is 17.3 Å². The van der Waals surface area contributed by atoms with Crippen molar-refractivity contribution in [3.8, 4) is 11.5 Å². The number of hydrogen-bond acceptors (Lipinski definition) is 3. The highest BCUT2D eigenvalue weighted by atomic mass is 16.5. The Morgan fingerprint density at radius 1 is 0.720 bits per heavy atom. The van der Waals surface area contributed by atoms with E-state index in [9.17, 15) is 4.79 Å². The van der Waals surface area contributed by atoms with Gasteiger partial charge in [-0.25, -0.2) is 0 Å². The van der Waals surface area contributed by atoms with Crippen molar-refractivity contribution in [2.45, 2.75) is 0 Å². The summed E-state index contributed by atoms with van der Waals surface area (Å²) < 4.78 is 10.6. The van der Waals surface area contributed by atoms with E-state index in [2.05, 4.69) is 0 Å². The van der Waals surface area contributed by atoms with Crippen LogP contribution in [-0.2, 0) is 0 Å². The van der Waals surface area contributed by atoms with Gasteiger partial charge in [0.15, 0.2) is 11.5 Å². The van der Waals surface area contributed by atoms with Crippen molar-refractivity contribution in [2.75, 3.05) is 19.1 Å². The van der Waals surface area contributed by atoms with Crippen LogP contribution < -0.4 is 14.4 Å². The second-order valence-corrected chi connectivity index (χ2v) is 5.38. The Labute approximate surface area is 147 Å². The van der Waals surface area contributed by atoms with Crippen LogP contribution in [0.15, 0.2) is 78.9 Å². The molecular formula is C21H19NO3. The van der Waals surface area contributed by atoms with E-state index in [1.807, 2.05) is 60.7 Å². The van der Waals surface area contributed by atoms with E-state index in [1.54, 1.807) is 37.3 Å². The number of carbonyl (C=O) groups is 1. The molecule has 0 bridgehead atoms. The van der Waals surface area contributed by atoms with Crippen LogP contribution in [-0.4, -0.2) is 20.1 Å². The van der Waals surface area contributed by atoms with Crippen molar-refractivity contribution in [3.05, 3.63) is 84.4 Å². The Balaban J connectivity index is 2.06. The van der Waals surface area contributed by atoms with Gasteiger partial charge in [0, 0.05) is 16.9 Å². The SMILES string of the molecule is COc1ccc(C(=O)N(c2ccccc2)c2ccccc2)cc1OC. The number of nitrogens with zero attached hydrogens (tertiary/aromatic N) is 1. The third-order valence-corrected chi connectivity index (χ3v) is 3.86. The van der Waals surface area contributed by atoms with Crippen molar-refractivity contribution < 1.29 is 14.3 Å². The molecule has 25 heavy (non-hydrogen) atoms. The van der Waals surface area contributed by atoms with Crippen LogP contribution in [0.25, 0.3) is 0 Å². The lowest BCUT2D eigenvalue weighted by atomic mass is 10.1. The van der Waals surface area contributed by atoms with E-state index < -0.39 is 0 Å². The van der Waals surface area contributed by atoms with Crippen molar-refractivity contribution in [1.29, 1.82) is 0 Å². The van der Waals surface area contributed by atoms with Crippen molar-refractivity contribution in [1.82, 2.24) is 0 Å². The van der Waals surface area contributed by atoms with E-state index in [0.29, 0.717) is 17.1 Å². The van der Waals surface area contributed by atoms with Crippen LogP contribution in [0.5, 0.6) is 11.5 Å². The fourth-order valence-corrected chi connectivity index (χ4v) is 2.64. The average molecular weight is 333 g/mol. The summed E-state index contributed by atoms with van der Waals surface area (Å²) in [5.74, 6) is 0.970. The molecule has 0 aliphatic rings. The topological polar surface area (TPSA) is 38.8 Å². The predicted octanol–water partition coefficient (Wildman–Crippen LogP) is 4.68. The molecule has 3 rings (SSSR count). The Morgan fingerprint density at radius 3 is 1.72 bits per heavy atom. The van der Waals surface area contributed by atoms with E-state index in [0.717, 1.165) is 11.4 Å². The first kappa shape index (κ1) is 16.6. The van der Waals surface area contributed by atoms with Crippen LogP contribution in [0.4, 0.5) is 11.4 Å². The maximum atomic E-state index is 13.2. The van der Waals surface area contributed by atoms with Crippen LogP contribution in [0.2, 0.25) is 0 Å². The summed E-state index contributed by atoms with van der Waals surface area (Å²) in [6.45, 7) is 0. The highest BCUT2D eigenvalue weighted by Gasteiger charge is 2.21. The monoisotopic (exact) mass is 333 g/mol. The van der Waals surface area contributed by atoms with Crippen LogP contribution in [0.1, 0.15) is 10.4 Å². The standard InChI is InChI=1S/C21H19NO3/c1-24-19-14-13-16(15-20(19)25-2)21(23)22(17-9-5-3-6-10-17)18-11-7-4-8-12-18/h3-15H,1-2H3. The van der Waals surface area contributed by atoms with Crippen molar-refractivity contribution in [3.63, 3.8) is 0 Å². The number of carbonyl (C=O) groups excluding carboxylic acids is 1. The summed E-state index contributed by atoms with van der Waals surface area (Å²) in [5, 5.41) is 0. The summed E-state index contributed by atoms with van der Waals surface area (Å²) in [4.78, 5) is 14.9. The molecule has 0 spiro atoms. The van der Waals surface area contributed by atoms with Gasteiger partial charge < -0.3 is 9.47 Å². The molecule has 0 unspecified atom stereocenters. The molecular weight excluding hydrogens is 314 g/mol. The van der Waals surface area contributed by atoms with E-state index in [4.69, 9.17) is 9.47 Å². The Morgan fingerprint density at radius 2 is 1.24 bits per heavy atom. The maximum Gasteiger partial charge on any atom is 0.262 e. The molecule has 0 aromatic heterocycles. The van der Waals surface area contributed by atoms with Gasteiger partial charge in [-0.05, 0) is 42.5 Å². The predicted molar refractivity (Wildman–Crippen MR) is 98.9 cm³/mol. The molecule has 0 saturated heterocycles. The van der Waals surface area contributed by atoms with E-state index >= 15 is 0 Å². The largest absolute Gasteiger partial charge is 0.493 e. The third-order valence-electron chi connectivity index (χ3n) is 3.86. The first-order chi connectivity index (χ1) is 12.2. The zero-order chi connectivity index (χ0) is 17.6. The zero-order valence-corrected chi connectivity index (χ0v) is 14.2. The summed E-state index contributed by atoms with van der Waals surface area (Å²) in [6.07, 6.45) is 0. The average Bonchev–Trinajstić information content (AvgIpc) is 2.69. The number of benzene rings is 3. The van der Waals surface area contributed by atoms with Gasteiger partial charge in [0.1, 0.15) is 0 Å². The lowest BCUT2D eigenvalue weighted by molar-refractivity contribution is 0.0999. The van der Waals surface area contributed by atoms with Gasteiger partial charge in [0.2, 0.25) is 0 Å². The minimum atomic E-state index is -0.140. The molecule has 1 amide bonds.